The molecule has 0 unspecified atom stereocenters. The van der Waals surface area contributed by atoms with Crippen LogP contribution in [0.25, 0.3) is 17.3 Å². The van der Waals surface area contributed by atoms with Crippen LogP contribution in [0.4, 0.5) is 5.69 Å². The number of carbonyl (C=O) groups is 1. The molecule has 0 aliphatic rings. The number of nitrogens with zero attached hydrogens (tertiary/aromatic N) is 2. The van der Waals surface area contributed by atoms with Crippen molar-refractivity contribution in [3.63, 3.8) is 0 Å². The number of aromatic nitrogens is 2. The molecule has 9 heteroatoms. The van der Waals surface area contributed by atoms with Gasteiger partial charge in [0.15, 0.2) is 5.78 Å². The fourth-order valence-electron chi connectivity index (χ4n) is 2.30. The number of rotatable bonds is 5. The Kier molecular flexibility index (Phi) is 5.60. The quantitative estimate of drug-likeness (QED) is 0.242. The summed E-state index contributed by atoms with van der Waals surface area (Å²) in [5, 5.41) is 18.5. The summed E-state index contributed by atoms with van der Waals surface area (Å²) in [5.74, 6) is -0.350. The summed E-state index contributed by atoms with van der Waals surface area (Å²) < 4.78 is 0. The SMILES string of the molecule is O=C(C=Cc1cc(-c2ccc(Cl)c(Cl)c2)n[nH]1)c1ccc([N+](=O)[O-])c(Cl)c1. The number of carbonyl (C=O) groups excluding carboxylic acids is 1. The minimum absolute atomic E-state index is 0.0947. The molecule has 0 aliphatic heterocycles. The van der Waals surface area contributed by atoms with Gasteiger partial charge < -0.3 is 0 Å². The third kappa shape index (κ3) is 4.36. The standard InChI is InChI=1S/C18H10Cl3N3O3/c19-13-4-1-10(7-14(13)20)16-9-12(22-23-16)3-6-18(25)11-2-5-17(24(26)27)15(21)8-11/h1-9H,(H,22,23). The highest BCUT2D eigenvalue weighted by atomic mass is 35.5. The molecule has 27 heavy (non-hydrogen) atoms. The Morgan fingerprint density at radius 1 is 1.04 bits per heavy atom. The first-order valence-electron chi connectivity index (χ1n) is 7.52. The summed E-state index contributed by atoms with van der Waals surface area (Å²) in [4.78, 5) is 22.4. The molecule has 0 aliphatic carbocycles. The third-order valence-electron chi connectivity index (χ3n) is 3.66. The minimum atomic E-state index is -0.610. The van der Waals surface area contributed by atoms with E-state index in [0.717, 1.165) is 5.56 Å². The number of benzene rings is 2. The fourth-order valence-corrected chi connectivity index (χ4v) is 2.84. The van der Waals surface area contributed by atoms with E-state index in [0.29, 0.717) is 21.4 Å². The lowest BCUT2D eigenvalue weighted by Gasteiger charge is -1.99. The van der Waals surface area contributed by atoms with Crippen molar-refractivity contribution in [2.24, 2.45) is 0 Å². The molecule has 0 bridgehead atoms. The first kappa shape index (κ1) is 19.1. The van der Waals surface area contributed by atoms with Crippen LogP contribution in [-0.4, -0.2) is 20.9 Å². The van der Waals surface area contributed by atoms with Gasteiger partial charge in [0.2, 0.25) is 0 Å². The lowest BCUT2D eigenvalue weighted by Crippen LogP contribution is -1.96. The molecular formula is C18H10Cl3N3O3. The zero-order chi connectivity index (χ0) is 19.6. The third-order valence-corrected chi connectivity index (χ3v) is 4.70. The lowest BCUT2D eigenvalue weighted by atomic mass is 10.1. The molecule has 1 aromatic heterocycles. The molecular weight excluding hydrogens is 413 g/mol. The second-order valence-electron chi connectivity index (χ2n) is 5.46. The molecule has 0 radical (unpaired) electrons. The Morgan fingerprint density at radius 2 is 1.81 bits per heavy atom. The normalized spacial score (nSPS) is 11.1. The van der Waals surface area contributed by atoms with Crippen LogP contribution in [0.1, 0.15) is 16.1 Å². The Labute approximate surface area is 168 Å². The summed E-state index contributed by atoms with van der Waals surface area (Å²) in [7, 11) is 0. The predicted octanol–water partition coefficient (Wildman–Crippen LogP) is 5.84. The number of halogens is 3. The molecule has 0 atom stereocenters. The Morgan fingerprint density at radius 3 is 2.48 bits per heavy atom. The second kappa shape index (κ2) is 7.92. The number of hydrogen-bond donors (Lipinski definition) is 1. The Balaban J connectivity index is 1.77. The van der Waals surface area contributed by atoms with Gasteiger partial charge in [0.1, 0.15) is 5.02 Å². The molecule has 3 aromatic rings. The molecule has 6 nitrogen and oxygen atoms in total. The molecule has 1 N–H and O–H groups in total. The zero-order valence-electron chi connectivity index (χ0n) is 13.4. The summed E-state index contributed by atoms with van der Waals surface area (Å²) in [6.07, 6.45) is 2.87. The maximum Gasteiger partial charge on any atom is 0.287 e. The van der Waals surface area contributed by atoms with Gasteiger partial charge in [-0.2, -0.15) is 5.10 Å². The summed E-state index contributed by atoms with van der Waals surface area (Å²) >= 11 is 17.7. The smallest absolute Gasteiger partial charge is 0.287 e. The van der Waals surface area contributed by atoms with E-state index >= 15 is 0 Å². The van der Waals surface area contributed by atoms with Crippen molar-refractivity contribution in [2.75, 3.05) is 0 Å². The zero-order valence-corrected chi connectivity index (χ0v) is 15.7. The van der Waals surface area contributed by atoms with Crippen LogP contribution < -0.4 is 0 Å². The van der Waals surface area contributed by atoms with Gasteiger partial charge in [-0.25, -0.2) is 0 Å². The van der Waals surface area contributed by atoms with E-state index in [2.05, 4.69) is 10.2 Å². The number of nitro groups is 1. The minimum Gasteiger partial charge on any atom is -0.289 e. The van der Waals surface area contributed by atoms with Gasteiger partial charge in [0.05, 0.1) is 26.4 Å². The molecule has 0 amide bonds. The van der Waals surface area contributed by atoms with Gasteiger partial charge in [0.25, 0.3) is 5.69 Å². The van der Waals surface area contributed by atoms with E-state index in [1.807, 2.05) is 0 Å². The van der Waals surface area contributed by atoms with Crippen molar-refractivity contribution >= 4 is 52.3 Å². The van der Waals surface area contributed by atoms with Crippen LogP contribution in [0.2, 0.25) is 15.1 Å². The number of nitrogens with one attached hydrogen (secondary N) is 1. The number of hydrogen-bond acceptors (Lipinski definition) is 4. The molecule has 2 aromatic carbocycles. The molecule has 0 fully saturated rings. The topological polar surface area (TPSA) is 88.9 Å². The average Bonchev–Trinajstić information content (AvgIpc) is 3.10. The van der Waals surface area contributed by atoms with E-state index in [-0.39, 0.29) is 22.1 Å². The van der Waals surface area contributed by atoms with Gasteiger partial charge >= 0.3 is 0 Å². The molecule has 0 spiro atoms. The first-order valence-corrected chi connectivity index (χ1v) is 8.66. The Bertz CT molecular complexity index is 1080. The fraction of sp³-hybridized carbons (Fsp3) is 0. The van der Waals surface area contributed by atoms with E-state index in [9.17, 15) is 14.9 Å². The van der Waals surface area contributed by atoms with Crippen molar-refractivity contribution in [1.29, 1.82) is 0 Å². The molecule has 0 saturated carbocycles. The van der Waals surface area contributed by atoms with E-state index in [4.69, 9.17) is 34.8 Å². The van der Waals surface area contributed by atoms with Crippen LogP contribution in [0.15, 0.2) is 48.5 Å². The number of H-pyrrole nitrogens is 1. The number of allylic oxidation sites excluding steroid dienone is 1. The monoisotopic (exact) mass is 421 g/mol. The van der Waals surface area contributed by atoms with Crippen molar-refractivity contribution in [3.8, 4) is 11.3 Å². The second-order valence-corrected chi connectivity index (χ2v) is 6.68. The largest absolute Gasteiger partial charge is 0.289 e. The van der Waals surface area contributed by atoms with Crippen LogP contribution in [0.3, 0.4) is 0 Å². The van der Waals surface area contributed by atoms with Gasteiger partial charge in [-0.15, -0.1) is 0 Å². The van der Waals surface area contributed by atoms with Crippen LogP contribution >= 0.6 is 34.8 Å². The van der Waals surface area contributed by atoms with Gasteiger partial charge in [-0.1, -0.05) is 40.9 Å². The summed E-state index contributed by atoms with van der Waals surface area (Å²) in [5.41, 5.74) is 1.99. The highest BCUT2D eigenvalue weighted by Gasteiger charge is 2.14. The van der Waals surface area contributed by atoms with Gasteiger partial charge in [-0.3, -0.25) is 20.0 Å². The maximum absolute atomic E-state index is 12.2. The van der Waals surface area contributed by atoms with E-state index < -0.39 is 4.92 Å². The Hall–Kier alpha value is -2.67. The molecule has 136 valence electrons. The molecule has 3 rings (SSSR count). The maximum atomic E-state index is 12.2. The lowest BCUT2D eigenvalue weighted by molar-refractivity contribution is -0.384. The molecule has 0 saturated heterocycles. The van der Waals surface area contributed by atoms with Crippen LogP contribution in [-0.2, 0) is 0 Å². The highest BCUT2D eigenvalue weighted by Crippen LogP contribution is 2.28. The first-order chi connectivity index (χ1) is 12.8. The van der Waals surface area contributed by atoms with Crippen molar-refractivity contribution in [2.45, 2.75) is 0 Å². The highest BCUT2D eigenvalue weighted by molar-refractivity contribution is 6.42. The molecule has 1 heterocycles. The van der Waals surface area contributed by atoms with Crippen LogP contribution in [0, 0.1) is 10.1 Å². The number of aromatic amines is 1. The summed E-state index contributed by atoms with van der Waals surface area (Å²) in [6.45, 7) is 0. The van der Waals surface area contributed by atoms with E-state index in [1.54, 1.807) is 30.3 Å². The summed E-state index contributed by atoms with van der Waals surface area (Å²) in [6, 6.07) is 10.7. The van der Waals surface area contributed by atoms with Gasteiger partial charge in [0, 0.05) is 17.2 Å². The average molecular weight is 423 g/mol. The van der Waals surface area contributed by atoms with Crippen LogP contribution in [0.5, 0.6) is 0 Å². The van der Waals surface area contributed by atoms with Crippen molar-refractivity contribution < 1.29 is 9.72 Å². The number of ketones is 1. The van der Waals surface area contributed by atoms with Crippen molar-refractivity contribution in [3.05, 3.63) is 85.0 Å². The van der Waals surface area contributed by atoms with Gasteiger partial charge in [-0.05, 0) is 42.5 Å². The van der Waals surface area contributed by atoms with Crippen molar-refractivity contribution in [1.82, 2.24) is 10.2 Å². The number of nitro benzene ring substituents is 1. The van der Waals surface area contributed by atoms with E-state index in [1.165, 1.54) is 24.3 Å². The predicted molar refractivity (Wildman–Crippen MR) is 106 cm³/mol.